The van der Waals surface area contributed by atoms with Crippen LogP contribution in [0.4, 0.5) is 0 Å². The van der Waals surface area contributed by atoms with Gasteiger partial charge < -0.3 is 33.2 Å². The number of ether oxygens (including phenoxy) is 1. The quantitative estimate of drug-likeness (QED) is 0.186. The lowest BCUT2D eigenvalue weighted by molar-refractivity contribution is -0.870. The number of rotatable bonds is 12. The number of quaternary nitrogens is 1. The first-order valence-electron chi connectivity index (χ1n) is 10.1. The van der Waals surface area contributed by atoms with Crippen LogP contribution in [0.2, 0.25) is 0 Å². The van der Waals surface area contributed by atoms with Crippen molar-refractivity contribution in [1.82, 2.24) is 0 Å². The van der Waals surface area contributed by atoms with Crippen LogP contribution < -0.4 is 28.7 Å². The van der Waals surface area contributed by atoms with Gasteiger partial charge >= 0.3 is 0 Å². The monoisotopic (exact) mass is 497 g/mol. The Morgan fingerprint density at radius 1 is 1.11 bits per heavy atom. The second-order valence-electron chi connectivity index (χ2n) is 9.00. The van der Waals surface area contributed by atoms with Crippen LogP contribution >= 0.6 is 0 Å². The molecule has 0 aromatic heterocycles. The van der Waals surface area contributed by atoms with E-state index >= 15 is 0 Å². The normalized spacial score (nSPS) is 13.5. The summed E-state index contributed by atoms with van der Waals surface area (Å²) < 4.78 is 6.88. The Hall–Kier alpha value is -1.07. The van der Waals surface area contributed by atoms with E-state index in [0.29, 0.717) is 0 Å². The molecule has 0 saturated heterocycles. The van der Waals surface area contributed by atoms with Crippen molar-refractivity contribution in [3.8, 4) is 5.75 Å². The lowest BCUT2D eigenvalue weighted by Gasteiger charge is -2.23. The average Bonchev–Trinajstić information content (AvgIpc) is 2.59. The predicted molar refractivity (Wildman–Crippen MR) is 120 cm³/mol. The molecule has 0 heterocycles. The van der Waals surface area contributed by atoms with E-state index in [9.17, 15) is 0 Å². The molecule has 0 unspecified atom stereocenters. The smallest absolute Gasteiger partial charge is 0.119 e. The van der Waals surface area contributed by atoms with Crippen LogP contribution in [0.1, 0.15) is 52.0 Å². The van der Waals surface area contributed by atoms with Crippen molar-refractivity contribution in [3.05, 3.63) is 60.2 Å². The zero-order chi connectivity index (χ0) is 20.3. The van der Waals surface area contributed by atoms with Gasteiger partial charge in [-0.05, 0) is 57.2 Å². The van der Waals surface area contributed by atoms with Gasteiger partial charge in [0.1, 0.15) is 5.75 Å². The van der Waals surface area contributed by atoms with Gasteiger partial charge in [0.05, 0.1) is 34.3 Å². The fourth-order valence-corrected chi connectivity index (χ4v) is 2.77. The molecule has 0 bridgehead atoms. The zero-order valence-corrected chi connectivity index (χ0v) is 21.0. The first-order valence-corrected chi connectivity index (χ1v) is 10.1. The van der Waals surface area contributed by atoms with Crippen molar-refractivity contribution < 1.29 is 33.2 Å². The van der Waals surface area contributed by atoms with E-state index < -0.39 is 0 Å². The summed E-state index contributed by atoms with van der Waals surface area (Å²) in [7, 11) is 6.68. The molecule has 3 heteroatoms. The average molecular weight is 498 g/mol. The molecule has 158 valence electrons. The van der Waals surface area contributed by atoms with Gasteiger partial charge in [0, 0.05) is 5.41 Å². The number of nitrogens with zero attached hydrogens (tertiary/aromatic N) is 1. The molecule has 0 aliphatic rings. The predicted octanol–water partition coefficient (Wildman–Crippen LogP) is 3.51. The molecule has 0 aliphatic heterocycles. The standard InChI is InChI=1S/C25H40NO.HI/c1-8-25(4,18-11-12-22(2)3)19-17-23-13-15-24(16-14-23)27-21-10-9-20-26(5,6)7;/h8,12-17,19H,1,9-11,18,20-21H2,2-7H3;1H/q+1;/p-1/b19-17+;/t25-;/m1./s1. The molecule has 1 rings (SSSR count). The fraction of sp³-hybridized carbons (Fsp3) is 0.520. The molecule has 1 aromatic carbocycles. The highest BCUT2D eigenvalue weighted by Crippen LogP contribution is 2.28. The minimum absolute atomic E-state index is 0. The molecule has 0 N–H and O–H groups in total. The second-order valence-corrected chi connectivity index (χ2v) is 9.00. The maximum absolute atomic E-state index is 5.86. The lowest BCUT2D eigenvalue weighted by atomic mass is 9.84. The van der Waals surface area contributed by atoms with Crippen molar-refractivity contribution in [1.29, 1.82) is 0 Å². The number of hydrogen-bond donors (Lipinski definition) is 0. The molecule has 28 heavy (non-hydrogen) atoms. The van der Waals surface area contributed by atoms with Crippen molar-refractivity contribution >= 4 is 6.08 Å². The molecular weight excluding hydrogens is 457 g/mol. The summed E-state index contributed by atoms with van der Waals surface area (Å²) in [5.41, 5.74) is 2.59. The van der Waals surface area contributed by atoms with Gasteiger partial charge in [0.25, 0.3) is 0 Å². The van der Waals surface area contributed by atoms with Crippen LogP contribution in [-0.2, 0) is 0 Å². The van der Waals surface area contributed by atoms with E-state index in [1.165, 1.54) is 24.1 Å². The lowest BCUT2D eigenvalue weighted by Crippen LogP contribution is -3.00. The minimum Gasteiger partial charge on any atom is -1.00 e. The molecule has 1 atom stereocenters. The minimum atomic E-state index is 0. The highest BCUT2D eigenvalue weighted by atomic mass is 127. The highest BCUT2D eigenvalue weighted by Gasteiger charge is 2.15. The number of benzene rings is 1. The second kappa shape index (κ2) is 13.2. The topological polar surface area (TPSA) is 9.23 Å². The molecule has 0 radical (unpaired) electrons. The fourth-order valence-electron chi connectivity index (χ4n) is 2.77. The summed E-state index contributed by atoms with van der Waals surface area (Å²) in [5, 5.41) is 0. The van der Waals surface area contributed by atoms with Crippen LogP contribution in [-0.4, -0.2) is 38.8 Å². The Labute approximate surface area is 191 Å². The third-order valence-corrected chi connectivity index (χ3v) is 4.73. The third-order valence-electron chi connectivity index (χ3n) is 4.73. The maximum atomic E-state index is 5.86. The van der Waals surface area contributed by atoms with Crippen LogP contribution in [0.3, 0.4) is 0 Å². The maximum Gasteiger partial charge on any atom is 0.119 e. The van der Waals surface area contributed by atoms with Crippen LogP contribution in [0.15, 0.2) is 54.6 Å². The Morgan fingerprint density at radius 2 is 1.75 bits per heavy atom. The van der Waals surface area contributed by atoms with E-state index in [1.807, 2.05) is 0 Å². The molecule has 0 amide bonds. The van der Waals surface area contributed by atoms with Gasteiger partial charge in [-0.1, -0.05) is 48.9 Å². The van der Waals surface area contributed by atoms with Crippen LogP contribution in [0.5, 0.6) is 5.75 Å². The molecule has 2 nitrogen and oxygen atoms in total. The largest absolute Gasteiger partial charge is 1.00 e. The third kappa shape index (κ3) is 12.4. The molecule has 1 aromatic rings. The molecular formula is C25H40INO. The van der Waals surface area contributed by atoms with E-state index in [4.69, 9.17) is 4.74 Å². The van der Waals surface area contributed by atoms with Crippen molar-refractivity contribution in [3.63, 3.8) is 0 Å². The number of unbranched alkanes of at least 4 members (excludes halogenated alkanes) is 1. The summed E-state index contributed by atoms with van der Waals surface area (Å²) >= 11 is 0. The summed E-state index contributed by atoms with van der Waals surface area (Å²) in [4.78, 5) is 0. The summed E-state index contributed by atoms with van der Waals surface area (Å²) in [5.74, 6) is 0.951. The van der Waals surface area contributed by atoms with Gasteiger partial charge in [0.15, 0.2) is 0 Å². The first kappa shape index (κ1) is 26.9. The van der Waals surface area contributed by atoms with E-state index in [2.05, 4.69) is 97.1 Å². The van der Waals surface area contributed by atoms with Gasteiger partial charge in [0.2, 0.25) is 0 Å². The zero-order valence-electron chi connectivity index (χ0n) is 18.8. The molecule has 0 aliphatic carbocycles. The van der Waals surface area contributed by atoms with Crippen LogP contribution in [0.25, 0.3) is 6.08 Å². The van der Waals surface area contributed by atoms with E-state index in [1.54, 1.807) is 0 Å². The van der Waals surface area contributed by atoms with Crippen molar-refractivity contribution in [2.75, 3.05) is 34.3 Å². The Morgan fingerprint density at radius 3 is 2.29 bits per heavy atom. The number of allylic oxidation sites excluding steroid dienone is 4. The first-order chi connectivity index (χ1) is 12.6. The van der Waals surface area contributed by atoms with Gasteiger partial charge in [-0.2, -0.15) is 0 Å². The molecule has 0 spiro atoms. The molecule has 0 saturated carbocycles. The van der Waals surface area contributed by atoms with Gasteiger partial charge in [-0.15, -0.1) is 6.58 Å². The van der Waals surface area contributed by atoms with Crippen molar-refractivity contribution in [2.24, 2.45) is 5.41 Å². The molecule has 0 fully saturated rings. The Kier molecular flexibility index (Phi) is 12.7. The van der Waals surface area contributed by atoms with E-state index in [-0.39, 0.29) is 29.4 Å². The summed E-state index contributed by atoms with van der Waals surface area (Å²) in [6.45, 7) is 12.5. The van der Waals surface area contributed by atoms with Crippen molar-refractivity contribution in [2.45, 2.75) is 46.5 Å². The Balaban J connectivity index is 0.00000729. The summed E-state index contributed by atoms with van der Waals surface area (Å²) in [6.07, 6.45) is 13.2. The SMILES string of the molecule is C=C[C@@](C)(/C=C/c1ccc(OCCCC[N+](C)(C)C)cc1)CCC=C(C)C.[I-]. The number of halogens is 1. The highest BCUT2D eigenvalue weighted by molar-refractivity contribution is 5.52. The Bertz CT molecular complexity index is 621. The van der Waals surface area contributed by atoms with E-state index in [0.717, 1.165) is 36.1 Å². The summed E-state index contributed by atoms with van der Waals surface area (Å²) in [6, 6.07) is 8.37. The van der Waals surface area contributed by atoms with Crippen LogP contribution in [0, 0.1) is 5.41 Å². The van der Waals surface area contributed by atoms with Gasteiger partial charge in [-0.3, -0.25) is 0 Å². The van der Waals surface area contributed by atoms with Gasteiger partial charge in [-0.25, -0.2) is 0 Å². The number of hydrogen-bond acceptors (Lipinski definition) is 1.